The molecule has 0 aromatic heterocycles. The SMILES string of the molecule is NCCCCC(NC(=O)C(CC(=O)O)NC(=O)C1CCCN1C(=O)C(N)CC(N)=O)C(=O)O. The maximum Gasteiger partial charge on any atom is 0.326 e. The molecule has 1 aliphatic rings. The maximum absolute atomic E-state index is 12.8. The molecule has 0 bridgehead atoms. The van der Waals surface area contributed by atoms with Crippen molar-refractivity contribution < 1.29 is 39.0 Å². The highest BCUT2D eigenvalue weighted by atomic mass is 16.4. The molecule has 0 radical (unpaired) electrons. The molecular weight excluding hydrogens is 440 g/mol. The third-order valence-corrected chi connectivity index (χ3v) is 5.15. The Labute approximate surface area is 190 Å². The Bertz CT molecular complexity index is 761. The minimum atomic E-state index is -1.57. The lowest BCUT2D eigenvalue weighted by Gasteiger charge is -2.28. The maximum atomic E-state index is 12.8. The third kappa shape index (κ3) is 9.02. The van der Waals surface area contributed by atoms with E-state index in [0.717, 1.165) is 4.90 Å². The molecular formula is C19H32N6O8. The van der Waals surface area contributed by atoms with E-state index in [9.17, 15) is 33.9 Å². The van der Waals surface area contributed by atoms with Crippen molar-refractivity contribution in [2.45, 2.75) is 69.1 Å². The fraction of sp³-hybridized carbons (Fsp3) is 0.684. The summed E-state index contributed by atoms with van der Waals surface area (Å²) in [7, 11) is 0. The number of primary amides is 1. The normalized spacial score (nSPS) is 18.1. The summed E-state index contributed by atoms with van der Waals surface area (Å²) in [6.07, 6.45) is 0.523. The first-order valence-corrected chi connectivity index (χ1v) is 10.6. The quantitative estimate of drug-likeness (QED) is 0.125. The molecule has 1 fully saturated rings. The Morgan fingerprint density at radius 1 is 1.00 bits per heavy atom. The van der Waals surface area contributed by atoms with Gasteiger partial charge in [0.15, 0.2) is 0 Å². The van der Waals surface area contributed by atoms with Crippen molar-refractivity contribution in [3.8, 4) is 0 Å². The number of hydrogen-bond acceptors (Lipinski definition) is 8. The number of nitrogens with one attached hydrogen (secondary N) is 2. The second-order valence-corrected chi connectivity index (χ2v) is 7.81. The minimum Gasteiger partial charge on any atom is -0.481 e. The van der Waals surface area contributed by atoms with Gasteiger partial charge in [-0.3, -0.25) is 24.0 Å². The standard InChI is InChI=1S/C19H32N6O8/c20-6-2-1-4-11(19(32)33)23-16(29)12(9-15(27)28)24-17(30)13-5-3-7-25(13)18(31)10(21)8-14(22)26/h10-13H,1-9,20-21H2,(H2,22,26)(H,23,29)(H,24,30)(H,27,28)(H,32,33). The lowest BCUT2D eigenvalue weighted by atomic mass is 10.1. The van der Waals surface area contributed by atoms with Gasteiger partial charge in [0.1, 0.15) is 18.1 Å². The summed E-state index contributed by atoms with van der Waals surface area (Å²) in [5.74, 6) is -5.92. The summed E-state index contributed by atoms with van der Waals surface area (Å²) >= 11 is 0. The highest BCUT2D eigenvalue weighted by molar-refractivity contribution is 5.96. The van der Waals surface area contributed by atoms with Crippen LogP contribution in [0.3, 0.4) is 0 Å². The van der Waals surface area contributed by atoms with Crippen LogP contribution in [-0.2, 0) is 28.8 Å². The molecule has 0 aromatic rings. The predicted octanol–water partition coefficient (Wildman–Crippen LogP) is -3.16. The van der Waals surface area contributed by atoms with Crippen molar-refractivity contribution in [3.63, 3.8) is 0 Å². The molecule has 33 heavy (non-hydrogen) atoms. The van der Waals surface area contributed by atoms with Crippen LogP contribution in [0.15, 0.2) is 0 Å². The van der Waals surface area contributed by atoms with E-state index in [2.05, 4.69) is 10.6 Å². The van der Waals surface area contributed by atoms with Crippen LogP contribution in [0, 0.1) is 0 Å². The first kappa shape index (κ1) is 27.8. The Hall–Kier alpha value is -3.26. The van der Waals surface area contributed by atoms with Gasteiger partial charge < -0.3 is 42.9 Å². The number of likely N-dealkylation sites (tertiary alicyclic amines) is 1. The number of carboxylic acid groups (broad SMARTS) is 2. The molecule has 1 rings (SSSR count). The summed E-state index contributed by atoms with van der Waals surface area (Å²) < 4.78 is 0. The van der Waals surface area contributed by atoms with Crippen molar-refractivity contribution in [3.05, 3.63) is 0 Å². The van der Waals surface area contributed by atoms with Gasteiger partial charge in [0.25, 0.3) is 0 Å². The topological polar surface area (TPSA) is 248 Å². The van der Waals surface area contributed by atoms with Gasteiger partial charge in [-0.2, -0.15) is 0 Å². The third-order valence-electron chi connectivity index (χ3n) is 5.15. The first-order valence-electron chi connectivity index (χ1n) is 10.6. The molecule has 1 aliphatic heterocycles. The van der Waals surface area contributed by atoms with Crippen LogP contribution in [-0.4, -0.2) is 87.9 Å². The van der Waals surface area contributed by atoms with Gasteiger partial charge in [-0.25, -0.2) is 4.79 Å². The summed E-state index contributed by atoms with van der Waals surface area (Å²) in [6.45, 7) is 0.527. The predicted molar refractivity (Wildman–Crippen MR) is 113 cm³/mol. The van der Waals surface area contributed by atoms with Gasteiger partial charge >= 0.3 is 11.9 Å². The van der Waals surface area contributed by atoms with Gasteiger partial charge in [-0.1, -0.05) is 0 Å². The summed E-state index contributed by atoms with van der Waals surface area (Å²) in [5.41, 5.74) is 16.1. The van der Waals surface area contributed by atoms with Crippen molar-refractivity contribution in [1.29, 1.82) is 0 Å². The van der Waals surface area contributed by atoms with E-state index in [4.69, 9.17) is 22.3 Å². The highest BCUT2D eigenvalue weighted by Gasteiger charge is 2.38. The molecule has 4 unspecified atom stereocenters. The molecule has 14 heteroatoms. The molecule has 10 N–H and O–H groups in total. The number of carboxylic acids is 2. The molecule has 0 spiro atoms. The minimum absolute atomic E-state index is 0.0780. The number of carbonyl (C=O) groups is 6. The molecule has 186 valence electrons. The number of rotatable bonds is 14. The van der Waals surface area contributed by atoms with Crippen molar-refractivity contribution in [2.75, 3.05) is 13.1 Å². The number of unbranched alkanes of at least 4 members (excludes halogenated alkanes) is 1. The second-order valence-electron chi connectivity index (χ2n) is 7.81. The molecule has 14 nitrogen and oxygen atoms in total. The van der Waals surface area contributed by atoms with Gasteiger partial charge in [0.2, 0.25) is 23.6 Å². The second kappa shape index (κ2) is 13.3. The van der Waals surface area contributed by atoms with Gasteiger partial charge in [-0.05, 0) is 38.6 Å². The van der Waals surface area contributed by atoms with Crippen LogP contribution >= 0.6 is 0 Å². The average molecular weight is 472 g/mol. The molecule has 0 saturated carbocycles. The van der Waals surface area contributed by atoms with E-state index < -0.39 is 72.6 Å². The van der Waals surface area contributed by atoms with Crippen molar-refractivity contribution in [1.82, 2.24) is 15.5 Å². The summed E-state index contributed by atoms with van der Waals surface area (Å²) in [4.78, 5) is 72.7. The number of amides is 4. The molecule has 0 aliphatic carbocycles. The molecule has 1 saturated heterocycles. The Morgan fingerprint density at radius 2 is 1.67 bits per heavy atom. The van der Waals surface area contributed by atoms with E-state index in [-0.39, 0.29) is 19.4 Å². The monoisotopic (exact) mass is 472 g/mol. The Kier molecular flexibility index (Phi) is 11.2. The van der Waals surface area contributed by atoms with Crippen LogP contribution in [0.2, 0.25) is 0 Å². The van der Waals surface area contributed by atoms with Crippen LogP contribution in [0.5, 0.6) is 0 Å². The van der Waals surface area contributed by atoms with E-state index in [1.54, 1.807) is 0 Å². The van der Waals surface area contributed by atoms with Crippen LogP contribution in [0.4, 0.5) is 0 Å². The van der Waals surface area contributed by atoms with E-state index in [0.29, 0.717) is 25.8 Å². The number of carbonyl (C=O) groups excluding carboxylic acids is 4. The number of aliphatic carboxylic acids is 2. The van der Waals surface area contributed by atoms with E-state index >= 15 is 0 Å². The van der Waals surface area contributed by atoms with Gasteiger partial charge in [-0.15, -0.1) is 0 Å². The number of nitrogens with two attached hydrogens (primary N) is 3. The Morgan fingerprint density at radius 3 is 2.21 bits per heavy atom. The van der Waals surface area contributed by atoms with Crippen LogP contribution in [0.25, 0.3) is 0 Å². The van der Waals surface area contributed by atoms with E-state index in [1.165, 1.54) is 0 Å². The molecule has 1 heterocycles. The fourth-order valence-electron chi connectivity index (χ4n) is 3.49. The molecule has 4 atom stereocenters. The zero-order chi connectivity index (χ0) is 25.1. The zero-order valence-electron chi connectivity index (χ0n) is 18.2. The first-order chi connectivity index (χ1) is 15.5. The lowest BCUT2D eigenvalue weighted by molar-refractivity contribution is -0.145. The van der Waals surface area contributed by atoms with Gasteiger partial charge in [0.05, 0.1) is 18.9 Å². The van der Waals surface area contributed by atoms with Crippen LogP contribution < -0.4 is 27.8 Å². The molecule has 0 aromatic carbocycles. The lowest BCUT2D eigenvalue weighted by Crippen LogP contribution is -2.57. The number of hydrogen-bond donors (Lipinski definition) is 7. The Balaban J connectivity index is 2.89. The highest BCUT2D eigenvalue weighted by Crippen LogP contribution is 2.19. The van der Waals surface area contributed by atoms with Crippen LogP contribution in [0.1, 0.15) is 44.9 Å². The van der Waals surface area contributed by atoms with Gasteiger partial charge in [0, 0.05) is 6.54 Å². The van der Waals surface area contributed by atoms with Crippen molar-refractivity contribution in [2.24, 2.45) is 17.2 Å². The molecule has 4 amide bonds. The zero-order valence-corrected chi connectivity index (χ0v) is 18.2. The largest absolute Gasteiger partial charge is 0.481 e. The fourth-order valence-corrected chi connectivity index (χ4v) is 3.49. The summed E-state index contributed by atoms with van der Waals surface area (Å²) in [6, 6.07) is -5.11. The summed E-state index contributed by atoms with van der Waals surface area (Å²) in [5, 5.41) is 23.0. The van der Waals surface area contributed by atoms with E-state index in [1.807, 2.05) is 0 Å². The number of nitrogens with zero attached hydrogens (tertiary/aromatic N) is 1. The average Bonchev–Trinajstić information content (AvgIpc) is 3.20. The van der Waals surface area contributed by atoms with Crippen molar-refractivity contribution >= 4 is 35.6 Å². The smallest absolute Gasteiger partial charge is 0.326 e.